The smallest absolute Gasteiger partial charge is 0.220 e. The largest absolute Gasteiger partial charge is 0.492 e. The molecule has 0 fully saturated rings. The molecule has 21 heavy (non-hydrogen) atoms. The maximum absolute atomic E-state index is 11.7. The van der Waals surface area contributed by atoms with Crippen LogP contribution < -0.4 is 10.1 Å². The number of hydrogen-bond acceptors (Lipinski definition) is 2. The second-order valence-electron chi connectivity index (χ2n) is 4.85. The van der Waals surface area contributed by atoms with Crippen LogP contribution in [0.5, 0.6) is 5.75 Å². The second kappa shape index (κ2) is 8.80. The summed E-state index contributed by atoms with van der Waals surface area (Å²) in [6, 6.07) is 19.8. The first-order valence-electron chi connectivity index (χ1n) is 7.33. The standard InChI is InChI=1S/C18H21NO2/c20-18(13-7-10-16-8-3-1-4-9-16)19-14-15-21-17-11-5-2-6-12-17/h1-6,8-9,11-12H,7,10,13-15H2,(H,19,20). The molecular formula is C18H21NO2. The van der Waals surface area contributed by atoms with E-state index < -0.39 is 0 Å². The summed E-state index contributed by atoms with van der Waals surface area (Å²) >= 11 is 0. The highest BCUT2D eigenvalue weighted by Crippen LogP contribution is 2.07. The van der Waals surface area contributed by atoms with Crippen LogP contribution in [0.25, 0.3) is 0 Å². The molecule has 2 aromatic carbocycles. The molecule has 2 rings (SSSR count). The Kier molecular flexibility index (Phi) is 6.33. The summed E-state index contributed by atoms with van der Waals surface area (Å²) in [5, 5.41) is 2.88. The van der Waals surface area contributed by atoms with Gasteiger partial charge in [-0.05, 0) is 30.5 Å². The van der Waals surface area contributed by atoms with E-state index in [-0.39, 0.29) is 5.91 Å². The van der Waals surface area contributed by atoms with Crippen molar-refractivity contribution in [2.24, 2.45) is 0 Å². The second-order valence-corrected chi connectivity index (χ2v) is 4.85. The SMILES string of the molecule is O=C(CCCc1ccccc1)NCCOc1ccccc1. The van der Waals surface area contributed by atoms with Crippen LogP contribution >= 0.6 is 0 Å². The Morgan fingerprint density at radius 3 is 2.33 bits per heavy atom. The van der Waals surface area contributed by atoms with Gasteiger partial charge in [-0.15, -0.1) is 0 Å². The van der Waals surface area contributed by atoms with Crippen molar-refractivity contribution in [2.75, 3.05) is 13.2 Å². The molecule has 3 heteroatoms. The van der Waals surface area contributed by atoms with E-state index in [1.165, 1.54) is 5.56 Å². The minimum absolute atomic E-state index is 0.0857. The van der Waals surface area contributed by atoms with Crippen LogP contribution in [0, 0.1) is 0 Å². The normalized spacial score (nSPS) is 10.1. The van der Waals surface area contributed by atoms with Gasteiger partial charge in [-0.1, -0.05) is 48.5 Å². The number of rotatable bonds is 8. The van der Waals surface area contributed by atoms with Gasteiger partial charge in [0.1, 0.15) is 12.4 Å². The lowest BCUT2D eigenvalue weighted by Crippen LogP contribution is -2.27. The van der Waals surface area contributed by atoms with Gasteiger partial charge in [-0.25, -0.2) is 0 Å². The molecule has 0 atom stereocenters. The van der Waals surface area contributed by atoms with E-state index in [9.17, 15) is 4.79 Å². The molecule has 2 aromatic rings. The zero-order chi connectivity index (χ0) is 14.8. The van der Waals surface area contributed by atoms with Crippen LogP contribution in [0.3, 0.4) is 0 Å². The lowest BCUT2D eigenvalue weighted by molar-refractivity contribution is -0.121. The molecule has 0 saturated carbocycles. The highest BCUT2D eigenvalue weighted by Gasteiger charge is 2.01. The number of carbonyl (C=O) groups excluding carboxylic acids is 1. The van der Waals surface area contributed by atoms with Gasteiger partial charge in [0.05, 0.1) is 6.54 Å². The third kappa shape index (κ3) is 6.13. The Labute approximate surface area is 126 Å². The summed E-state index contributed by atoms with van der Waals surface area (Å²) in [4.78, 5) is 11.7. The highest BCUT2D eigenvalue weighted by molar-refractivity contribution is 5.75. The van der Waals surface area contributed by atoms with E-state index in [4.69, 9.17) is 4.74 Å². The number of hydrogen-bond donors (Lipinski definition) is 1. The van der Waals surface area contributed by atoms with Crippen molar-refractivity contribution >= 4 is 5.91 Å². The van der Waals surface area contributed by atoms with E-state index in [0.29, 0.717) is 19.6 Å². The summed E-state index contributed by atoms with van der Waals surface area (Å²) in [7, 11) is 0. The molecule has 0 radical (unpaired) electrons. The molecule has 110 valence electrons. The van der Waals surface area contributed by atoms with Crippen molar-refractivity contribution in [3.8, 4) is 5.75 Å². The van der Waals surface area contributed by atoms with Gasteiger partial charge in [0, 0.05) is 6.42 Å². The number of ether oxygens (including phenoxy) is 1. The maximum atomic E-state index is 11.7. The van der Waals surface area contributed by atoms with E-state index in [1.807, 2.05) is 48.5 Å². The minimum Gasteiger partial charge on any atom is -0.492 e. The predicted octanol–water partition coefficient (Wildman–Crippen LogP) is 3.20. The fraction of sp³-hybridized carbons (Fsp3) is 0.278. The Morgan fingerprint density at radius 1 is 0.952 bits per heavy atom. The van der Waals surface area contributed by atoms with Crippen LogP contribution in [0.4, 0.5) is 0 Å². The molecule has 0 aliphatic rings. The Morgan fingerprint density at radius 2 is 1.62 bits per heavy atom. The van der Waals surface area contributed by atoms with Crippen molar-refractivity contribution in [3.63, 3.8) is 0 Å². The molecule has 0 aliphatic carbocycles. The summed E-state index contributed by atoms with van der Waals surface area (Å²) in [6.07, 6.45) is 2.37. The summed E-state index contributed by atoms with van der Waals surface area (Å²) in [5.41, 5.74) is 1.28. The van der Waals surface area contributed by atoms with E-state index in [1.54, 1.807) is 0 Å². The Hall–Kier alpha value is -2.29. The fourth-order valence-corrected chi connectivity index (χ4v) is 2.06. The number of benzene rings is 2. The zero-order valence-corrected chi connectivity index (χ0v) is 12.1. The van der Waals surface area contributed by atoms with Crippen LogP contribution in [0.2, 0.25) is 0 Å². The van der Waals surface area contributed by atoms with Crippen molar-refractivity contribution in [1.82, 2.24) is 5.32 Å². The summed E-state index contributed by atoms with van der Waals surface area (Å²) in [5.74, 6) is 0.915. The molecule has 0 unspecified atom stereocenters. The first-order chi connectivity index (χ1) is 10.3. The number of carbonyl (C=O) groups is 1. The van der Waals surface area contributed by atoms with Gasteiger partial charge in [0.25, 0.3) is 0 Å². The van der Waals surface area contributed by atoms with Crippen molar-refractivity contribution in [3.05, 3.63) is 66.2 Å². The van der Waals surface area contributed by atoms with Crippen LogP contribution in [0.15, 0.2) is 60.7 Å². The third-order valence-electron chi connectivity index (χ3n) is 3.15. The molecule has 0 aromatic heterocycles. The van der Waals surface area contributed by atoms with E-state index >= 15 is 0 Å². The maximum Gasteiger partial charge on any atom is 0.220 e. The van der Waals surface area contributed by atoms with Gasteiger partial charge < -0.3 is 10.1 Å². The van der Waals surface area contributed by atoms with Gasteiger partial charge in [-0.3, -0.25) is 4.79 Å². The average molecular weight is 283 g/mol. The number of nitrogens with one attached hydrogen (secondary N) is 1. The van der Waals surface area contributed by atoms with Gasteiger partial charge >= 0.3 is 0 Å². The minimum atomic E-state index is 0.0857. The zero-order valence-electron chi connectivity index (χ0n) is 12.1. The number of aryl methyl sites for hydroxylation is 1. The summed E-state index contributed by atoms with van der Waals surface area (Å²) < 4.78 is 5.52. The van der Waals surface area contributed by atoms with Crippen LogP contribution in [0.1, 0.15) is 18.4 Å². The average Bonchev–Trinajstić information content (AvgIpc) is 2.54. The molecular weight excluding hydrogens is 262 g/mol. The predicted molar refractivity (Wildman–Crippen MR) is 84.3 cm³/mol. The van der Waals surface area contributed by atoms with Crippen LogP contribution in [-0.4, -0.2) is 19.1 Å². The lowest BCUT2D eigenvalue weighted by Gasteiger charge is -2.07. The molecule has 0 heterocycles. The summed E-state index contributed by atoms with van der Waals surface area (Å²) in [6.45, 7) is 1.04. The van der Waals surface area contributed by atoms with E-state index in [2.05, 4.69) is 17.4 Å². The molecule has 3 nitrogen and oxygen atoms in total. The van der Waals surface area contributed by atoms with E-state index in [0.717, 1.165) is 18.6 Å². The quantitative estimate of drug-likeness (QED) is 0.756. The molecule has 0 spiro atoms. The topological polar surface area (TPSA) is 38.3 Å². The van der Waals surface area contributed by atoms with Gasteiger partial charge in [0.15, 0.2) is 0 Å². The van der Waals surface area contributed by atoms with Crippen molar-refractivity contribution < 1.29 is 9.53 Å². The molecule has 0 saturated heterocycles. The highest BCUT2D eigenvalue weighted by atomic mass is 16.5. The van der Waals surface area contributed by atoms with Crippen LogP contribution in [-0.2, 0) is 11.2 Å². The fourth-order valence-electron chi connectivity index (χ4n) is 2.06. The van der Waals surface area contributed by atoms with Crippen molar-refractivity contribution in [1.29, 1.82) is 0 Å². The Balaban J connectivity index is 1.54. The molecule has 0 bridgehead atoms. The van der Waals surface area contributed by atoms with Gasteiger partial charge in [0.2, 0.25) is 5.91 Å². The molecule has 1 amide bonds. The first kappa shape index (κ1) is 15.1. The monoisotopic (exact) mass is 283 g/mol. The first-order valence-corrected chi connectivity index (χ1v) is 7.33. The lowest BCUT2D eigenvalue weighted by atomic mass is 10.1. The van der Waals surface area contributed by atoms with Crippen molar-refractivity contribution in [2.45, 2.75) is 19.3 Å². The molecule has 1 N–H and O–H groups in total. The van der Waals surface area contributed by atoms with Gasteiger partial charge in [-0.2, -0.15) is 0 Å². The Bertz CT molecular complexity index is 525. The molecule has 0 aliphatic heterocycles. The third-order valence-corrected chi connectivity index (χ3v) is 3.15. The number of para-hydroxylation sites is 1. The number of amides is 1.